The highest BCUT2D eigenvalue weighted by Crippen LogP contribution is 2.43. The van der Waals surface area contributed by atoms with E-state index in [2.05, 4.69) is 58.9 Å². The molecule has 6 nitrogen and oxygen atoms in total. The summed E-state index contributed by atoms with van der Waals surface area (Å²) in [6.07, 6.45) is 18.5. The van der Waals surface area contributed by atoms with Crippen LogP contribution in [0.2, 0.25) is 0 Å². The molecule has 0 amide bonds. The lowest BCUT2D eigenvalue weighted by Gasteiger charge is -2.37. The number of aliphatic hydroxyl groups is 2. The van der Waals surface area contributed by atoms with Crippen LogP contribution in [-0.4, -0.2) is 59.4 Å². The van der Waals surface area contributed by atoms with E-state index < -0.39 is 5.60 Å². The average molecular weight is 545 g/mol. The summed E-state index contributed by atoms with van der Waals surface area (Å²) in [4.78, 5) is 11.0. The van der Waals surface area contributed by atoms with E-state index in [1.165, 1.54) is 11.1 Å². The number of ether oxygens (including phenoxy) is 3. The van der Waals surface area contributed by atoms with Gasteiger partial charge in [0, 0.05) is 25.2 Å². The summed E-state index contributed by atoms with van der Waals surface area (Å²) in [7, 11) is 0. The predicted molar refractivity (Wildman–Crippen MR) is 155 cm³/mol. The molecule has 0 bridgehead atoms. The zero-order valence-corrected chi connectivity index (χ0v) is 24.8. The third-order valence-electron chi connectivity index (χ3n) is 9.09. The molecule has 2 fully saturated rings. The van der Waals surface area contributed by atoms with Gasteiger partial charge in [0.25, 0.3) is 6.47 Å². The van der Waals surface area contributed by atoms with Gasteiger partial charge in [-0.25, -0.2) is 0 Å². The Hall–Kier alpha value is -1.73. The highest BCUT2D eigenvalue weighted by Gasteiger charge is 2.50. The standard InChI is InChI=1S/C33H52O6/c1-6-10-31(35)25(4)14-16-29-20-30(38-22-34)19-28(39-29)15-13-23(2)11-8-7-9-12-27-21-37-32-26(5)24(3)17-18-33(27,32)36/h7,9,12-13,17,22,25-26,28-32,35-36H,6,8,10-11,14-16,18-21H2,1-5H3/b9-7+,23-13+,27-12+/t25-,26?,28?,29?,30?,31?,32?,33?/m0/s1. The molecule has 0 radical (unpaired) electrons. The molecule has 1 aliphatic carbocycles. The summed E-state index contributed by atoms with van der Waals surface area (Å²) in [5, 5.41) is 21.5. The normalized spacial score (nSPS) is 34.1. The first kappa shape index (κ1) is 31.8. The Labute approximate surface area is 236 Å². The van der Waals surface area contributed by atoms with Crippen LogP contribution in [0.5, 0.6) is 0 Å². The van der Waals surface area contributed by atoms with Crippen molar-refractivity contribution in [3.63, 3.8) is 0 Å². The van der Waals surface area contributed by atoms with Gasteiger partial charge in [-0.3, -0.25) is 4.79 Å². The minimum absolute atomic E-state index is 0.0337. The Kier molecular flexibility index (Phi) is 12.5. The molecule has 2 N–H and O–H groups in total. The molecule has 2 aliphatic heterocycles. The Morgan fingerprint density at radius 3 is 2.79 bits per heavy atom. The van der Waals surface area contributed by atoms with Crippen molar-refractivity contribution in [1.82, 2.24) is 0 Å². The van der Waals surface area contributed by atoms with Crippen LogP contribution >= 0.6 is 0 Å². The first-order valence-electron chi connectivity index (χ1n) is 15.1. The van der Waals surface area contributed by atoms with Gasteiger partial charge in [0.15, 0.2) is 0 Å². The van der Waals surface area contributed by atoms with E-state index in [1.54, 1.807) is 0 Å². The van der Waals surface area contributed by atoms with Gasteiger partial charge in [-0.15, -0.1) is 0 Å². The quantitative estimate of drug-likeness (QED) is 0.195. The highest BCUT2D eigenvalue weighted by atomic mass is 16.5. The molecule has 0 aromatic heterocycles. The number of fused-ring (bicyclic) bond motifs is 1. The molecular formula is C33H52O6. The minimum Gasteiger partial charge on any atom is -0.464 e. The Bertz CT molecular complexity index is 904. The van der Waals surface area contributed by atoms with Crippen LogP contribution in [0.25, 0.3) is 0 Å². The van der Waals surface area contributed by atoms with Crippen LogP contribution in [0.1, 0.15) is 98.8 Å². The van der Waals surface area contributed by atoms with Crippen molar-refractivity contribution in [2.75, 3.05) is 6.61 Å². The van der Waals surface area contributed by atoms with E-state index in [4.69, 9.17) is 14.2 Å². The van der Waals surface area contributed by atoms with Crippen LogP contribution < -0.4 is 0 Å². The first-order chi connectivity index (χ1) is 18.7. The Morgan fingerprint density at radius 2 is 2.05 bits per heavy atom. The molecule has 3 aliphatic rings. The second-order valence-corrected chi connectivity index (χ2v) is 12.2. The van der Waals surface area contributed by atoms with Gasteiger partial charge in [0.2, 0.25) is 0 Å². The topological polar surface area (TPSA) is 85.2 Å². The van der Waals surface area contributed by atoms with E-state index >= 15 is 0 Å². The fourth-order valence-corrected chi connectivity index (χ4v) is 6.20. The number of hydrogen-bond acceptors (Lipinski definition) is 6. The fourth-order valence-electron chi connectivity index (χ4n) is 6.20. The predicted octanol–water partition coefficient (Wildman–Crippen LogP) is 6.37. The monoisotopic (exact) mass is 544 g/mol. The van der Waals surface area contributed by atoms with Gasteiger partial charge < -0.3 is 24.4 Å². The molecule has 220 valence electrons. The lowest BCUT2D eigenvalue weighted by molar-refractivity contribution is -0.148. The van der Waals surface area contributed by atoms with Crippen LogP contribution in [0.4, 0.5) is 0 Å². The number of hydrogen-bond donors (Lipinski definition) is 2. The largest absolute Gasteiger partial charge is 0.464 e. The molecule has 0 spiro atoms. The van der Waals surface area contributed by atoms with Crippen LogP contribution in [0.15, 0.2) is 47.1 Å². The number of carbonyl (C=O) groups is 1. The summed E-state index contributed by atoms with van der Waals surface area (Å²) in [5.41, 5.74) is 2.70. The number of aliphatic hydroxyl groups excluding tert-OH is 1. The van der Waals surface area contributed by atoms with Crippen molar-refractivity contribution in [3.05, 3.63) is 47.1 Å². The third kappa shape index (κ3) is 8.88. The molecule has 7 unspecified atom stereocenters. The molecule has 0 saturated carbocycles. The van der Waals surface area contributed by atoms with E-state index in [-0.39, 0.29) is 42.4 Å². The summed E-state index contributed by atoms with van der Waals surface area (Å²) in [5.74, 6) is 0.473. The van der Waals surface area contributed by atoms with Crippen molar-refractivity contribution in [3.8, 4) is 0 Å². The second-order valence-electron chi connectivity index (χ2n) is 12.2. The zero-order chi connectivity index (χ0) is 28.4. The summed E-state index contributed by atoms with van der Waals surface area (Å²) >= 11 is 0. The lowest BCUT2D eigenvalue weighted by atomic mass is 9.74. The molecule has 0 aromatic carbocycles. The van der Waals surface area contributed by atoms with E-state index in [0.717, 1.165) is 63.4 Å². The van der Waals surface area contributed by atoms with Gasteiger partial charge >= 0.3 is 0 Å². The van der Waals surface area contributed by atoms with Crippen molar-refractivity contribution in [2.45, 2.75) is 135 Å². The van der Waals surface area contributed by atoms with Gasteiger partial charge in [-0.1, -0.05) is 68.7 Å². The zero-order valence-electron chi connectivity index (χ0n) is 24.8. The van der Waals surface area contributed by atoms with E-state index in [1.807, 2.05) is 6.08 Å². The van der Waals surface area contributed by atoms with Crippen molar-refractivity contribution >= 4 is 6.47 Å². The maximum Gasteiger partial charge on any atom is 0.293 e. The number of rotatable bonds is 14. The summed E-state index contributed by atoms with van der Waals surface area (Å²) in [6, 6.07) is 0. The maximum atomic E-state index is 11.2. The van der Waals surface area contributed by atoms with Gasteiger partial charge in [0.1, 0.15) is 11.7 Å². The maximum absolute atomic E-state index is 11.2. The Morgan fingerprint density at radius 1 is 1.28 bits per heavy atom. The smallest absolute Gasteiger partial charge is 0.293 e. The van der Waals surface area contributed by atoms with Crippen molar-refractivity contribution < 1.29 is 29.2 Å². The number of carbonyl (C=O) groups excluding carboxylic acids is 1. The molecule has 6 heteroatoms. The Balaban J connectivity index is 1.45. The van der Waals surface area contributed by atoms with E-state index in [9.17, 15) is 15.0 Å². The van der Waals surface area contributed by atoms with Crippen LogP contribution in [0.3, 0.4) is 0 Å². The summed E-state index contributed by atoms with van der Waals surface area (Å²) < 4.78 is 17.7. The van der Waals surface area contributed by atoms with E-state index in [0.29, 0.717) is 19.5 Å². The van der Waals surface area contributed by atoms with Crippen LogP contribution in [0, 0.1) is 11.8 Å². The first-order valence-corrected chi connectivity index (χ1v) is 15.1. The fraction of sp³-hybridized carbons (Fsp3) is 0.727. The molecule has 3 rings (SSSR count). The minimum atomic E-state index is -0.879. The lowest BCUT2D eigenvalue weighted by Crippen LogP contribution is -2.45. The van der Waals surface area contributed by atoms with Crippen molar-refractivity contribution in [1.29, 1.82) is 0 Å². The highest BCUT2D eigenvalue weighted by molar-refractivity contribution is 5.37. The average Bonchev–Trinajstić information content (AvgIpc) is 3.25. The number of allylic oxidation sites excluding steroid dienone is 4. The van der Waals surface area contributed by atoms with Gasteiger partial charge in [-0.2, -0.15) is 0 Å². The second kappa shape index (κ2) is 15.3. The molecule has 8 atom stereocenters. The van der Waals surface area contributed by atoms with Crippen molar-refractivity contribution in [2.24, 2.45) is 11.8 Å². The molecule has 39 heavy (non-hydrogen) atoms. The molecular weight excluding hydrogens is 492 g/mol. The molecule has 0 aromatic rings. The SMILES string of the molecule is CCCC(O)[C@@H](C)CCC1CC(OC=O)CC(C/C=C(\C)CC/C=C/C=C2\COC3C(C)C(C)=CCC23O)O1. The van der Waals surface area contributed by atoms with Gasteiger partial charge in [0.05, 0.1) is 31.0 Å². The third-order valence-corrected chi connectivity index (χ3v) is 9.09. The van der Waals surface area contributed by atoms with Gasteiger partial charge in [-0.05, 0) is 63.9 Å². The summed E-state index contributed by atoms with van der Waals surface area (Å²) in [6.45, 7) is 11.6. The van der Waals surface area contributed by atoms with Crippen LogP contribution in [-0.2, 0) is 19.0 Å². The molecule has 2 heterocycles. The molecule has 2 saturated heterocycles.